The van der Waals surface area contributed by atoms with Gasteiger partial charge in [0, 0.05) is 19.5 Å². The van der Waals surface area contributed by atoms with Gasteiger partial charge in [0.05, 0.1) is 6.61 Å². The topological polar surface area (TPSA) is 40.5 Å². The molecule has 0 aromatic rings. The normalized spacial score (nSPS) is 11.4. The highest BCUT2D eigenvalue weighted by Gasteiger charge is 2.12. The average Bonchev–Trinajstić information content (AvgIpc) is 3.01. The largest absolute Gasteiger partial charge is 0.395 e. The van der Waals surface area contributed by atoms with Gasteiger partial charge in [-0.15, -0.1) is 0 Å². The zero-order chi connectivity index (χ0) is 31.3. The van der Waals surface area contributed by atoms with E-state index in [2.05, 4.69) is 13.8 Å². The fraction of sp³-hybridized carbons (Fsp3) is 0.975. The number of hydrogen-bond donors (Lipinski definition) is 1. The fourth-order valence-electron chi connectivity index (χ4n) is 6.49. The van der Waals surface area contributed by atoms with Crippen molar-refractivity contribution < 1.29 is 9.90 Å². The first kappa shape index (κ1) is 42.4. The van der Waals surface area contributed by atoms with Crippen LogP contribution in [0, 0.1) is 0 Å². The molecule has 0 heterocycles. The van der Waals surface area contributed by atoms with Gasteiger partial charge in [-0.05, 0) is 12.8 Å². The molecule has 0 saturated carbocycles. The van der Waals surface area contributed by atoms with Gasteiger partial charge < -0.3 is 10.0 Å². The van der Waals surface area contributed by atoms with Gasteiger partial charge in [-0.3, -0.25) is 4.79 Å². The molecule has 0 aliphatic carbocycles. The second kappa shape index (κ2) is 37.6. The molecule has 1 N–H and O–H groups in total. The summed E-state index contributed by atoms with van der Waals surface area (Å²) in [4.78, 5) is 14.6. The third-order valence-electron chi connectivity index (χ3n) is 9.50. The Balaban J connectivity index is 3.48. The van der Waals surface area contributed by atoms with Gasteiger partial charge in [0.2, 0.25) is 5.91 Å². The van der Waals surface area contributed by atoms with Crippen LogP contribution < -0.4 is 0 Å². The third kappa shape index (κ3) is 34.1. The van der Waals surface area contributed by atoms with Crippen molar-refractivity contribution in [2.75, 3.05) is 19.7 Å². The summed E-state index contributed by atoms with van der Waals surface area (Å²) in [6, 6.07) is 0. The molecule has 0 saturated heterocycles. The van der Waals surface area contributed by atoms with Crippen LogP contribution in [0.25, 0.3) is 0 Å². The highest BCUT2D eigenvalue weighted by Crippen LogP contribution is 2.16. The second-order valence-corrected chi connectivity index (χ2v) is 13.8. The molecule has 0 atom stereocenters. The van der Waals surface area contributed by atoms with Crippen molar-refractivity contribution in [3.8, 4) is 0 Å². The van der Waals surface area contributed by atoms with E-state index in [0.717, 1.165) is 19.4 Å². The predicted octanol–water partition coefficient (Wildman–Crippen LogP) is 13.1. The lowest BCUT2D eigenvalue weighted by Crippen LogP contribution is -2.34. The molecule has 0 spiro atoms. The second-order valence-electron chi connectivity index (χ2n) is 13.8. The van der Waals surface area contributed by atoms with E-state index >= 15 is 0 Å². The Kier molecular flexibility index (Phi) is 37.1. The minimum atomic E-state index is 0.0869. The highest BCUT2D eigenvalue weighted by atomic mass is 16.3. The van der Waals surface area contributed by atoms with E-state index in [4.69, 9.17) is 0 Å². The molecule has 0 aliphatic rings. The number of unbranched alkanes of at least 4 members (excludes halogenated alkanes) is 31. The van der Waals surface area contributed by atoms with Gasteiger partial charge in [-0.1, -0.05) is 213 Å². The highest BCUT2D eigenvalue weighted by molar-refractivity contribution is 5.76. The summed E-state index contributed by atoms with van der Waals surface area (Å²) in [5, 5.41) is 9.45. The Labute approximate surface area is 272 Å². The van der Waals surface area contributed by atoms with Gasteiger partial charge >= 0.3 is 0 Å². The molecule has 0 rings (SSSR count). The van der Waals surface area contributed by atoms with E-state index < -0.39 is 0 Å². The lowest BCUT2D eigenvalue weighted by atomic mass is 10.0. The van der Waals surface area contributed by atoms with Crippen molar-refractivity contribution >= 4 is 5.91 Å². The standard InChI is InChI=1S/C40H81NO2/c1-3-5-7-9-11-13-15-17-19-21-22-24-26-28-30-32-34-36-40(43)41(38-39-42)37-35-33-31-29-27-25-23-20-18-16-14-12-10-8-6-4-2/h42H,3-39H2,1-2H3. The van der Waals surface area contributed by atoms with E-state index in [1.807, 2.05) is 4.90 Å². The SMILES string of the molecule is CCCCCCCCCCCCCCCCCCCC(=O)N(CCO)CCCCCCCCCCCCCCCCCC. The van der Waals surface area contributed by atoms with E-state index in [1.165, 1.54) is 199 Å². The number of nitrogens with zero attached hydrogens (tertiary/aromatic N) is 1. The van der Waals surface area contributed by atoms with Gasteiger partial charge in [-0.25, -0.2) is 0 Å². The zero-order valence-corrected chi connectivity index (χ0v) is 30.0. The van der Waals surface area contributed by atoms with Gasteiger partial charge in [-0.2, -0.15) is 0 Å². The summed E-state index contributed by atoms with van der Waals surface area (Å²) in [5.74, 6) is 0.260. The van der Waals surface area contributed by atoms with E-state index in [0.29, 0.717) is 13.0 Å². The maximum Gasteiger partial charge on any atom is 0.222 e. The maximum atomic E-state index is 12.7. The molecular weight excluding hydrogens is 526 g/mol. The Morgan fingerprint density at radius 2 is 0.628 bits per heavy atom. The van der Waals surface area contributed by atoms with Crippen molar-refractivity contribution in [3.05, 3.63) is 0 Å². The van der Waals surface area contributed by atoms with Crippen molar-refractivity contribution in [2.45, 2.75) is 232 Å². The summed E-state index contributed by atoms with van der Waals surface area (Å²) in [5.41, 5.74) is 0. The van der Waals surface area contributed by atoms with Crippen LogP contribution >= 0.6 is 0 Å². The Bertz CT molecular complexity index is 523. The average molecular weight is 608 g/mol. The van der Waals surface area contributed by atoms with Crippen LogP contribution in [0.1, 0.15) is 232 Å². The molecule has 0 aromatic carbocycles. The molecule has 0 unspecified atom stereocenters. The van der Waals surface area contributed by atoms with Crippen molar-refractivity contribution in [1.82, 2.24) is 4.90 Å². The molecule has 0 aromatic heterocycles. The zero-order valence-electron chi connectivity index (χ0n) is 30.0. The van der Waals surface area contributed by atoms with Gasteiger partial charge in [0.25, 0.3) is 0 Å². The summed E-state index contributed by atoms with van der Waals surface area (Å²) in [6.07, 6.45) is 45.8. The van der Waals surface area contributed by atoms with Crippen LogP contribution in [-0.4, -0.2) is 35.6 Å². The quantitative estimate of drug-likeness (QED) is 0.0714. The number of hydrogen-bond acceptors (Lipinski definition) is 2. The number of amides is 1. The summed E-state index contributed by atoms with van der Waals surface area (Å²) < 4.78 is 0. The Morgan fingerprint density at radius 3 is 0.907 bits per heavy atom. The molecule has 0 aliphatic heterocycles. The summed E-state index contributed by atoms with van der Waals surface area (Å²) >= 11 is 0. The fourth-order valence-corrected chi connectivity index (χ4v) is 6.49. The molecule has 0 bridgehead atoms. The Morgan fingerprint density at radius 1 is 0.372 bits per heavy atom. The maximum absolute atomic E-state index is 12.7. The first-order valence-corrected chi connectivity index (χ1v) is 20.1. The number of carbonyl (C=O) groups is 1. The molecular formula is C40H81NO2. The van der Waals surface area contributed by atoms with E-state index in [1.54, 1.807) is 0 Å². The van der Waals surface area contributed by atoms with Crippen molar-refractivity contribution in [2.24, 2.45) is 0 Å². The molecule has 1 amide bonds. The summed E-state index contributed by atoms with van der Waals surface area (Å²) in [6.45, 7) is 6.01. The minimum absolute atomic E-state index is 0.0869. The lowest BCUT2D eigenvalue weighted by Gasteiger charge is -2.22. The van der Waals surface area contributed by atoms with Crippen LogP contribution in [0.5, 0.6) is 0 Å². The minimum Gasteiger partial charge on any atom is -0.395 e. The van der Waals surface area contributed by atoms with Crippen molar-refractivity contribution in [1.29, 1.82) is 0 Å². The molecule has 0 radical (unpaired) electrons. The van der Waals surface area contributed by atoms with Crippen LogP contribution in [0.3, 0.4) is 0 Å². The molecule has 43 heavy (non-hydrogen) atoms. The number of carbonyl (C=O) groups excluding carboxylic acids is 1. The van der Waals surface area contributed by atoms with Crippen LogP contribution in [-0.2, 0) is 4.79 Å². The number of aliphatic hydroxyl groups excluding tert-OH is 1. The van der Waals surface area contributed by atoms with Crippen molar-refractivity contribution in [3.63, 3.8) is 0 Å². The predicted molar refractivity (Wildman–Crippen MR) is 192 cm³/mol. The van der Waals surface area contributed by atoms with E-state index in [9.17, 15) is 9.90 Å². The molecule has 0 fully saturated rings. The smallest absolute Gasteiger partial charge is 0.222 e. The molecule has 3 nitrogen and oxygen atoms in total. The Hall–Kier alpha value is -0.570. The van der Waals surface area contributed by atoms with E-state index in [-0.39, 0.29) is 12.5 Å². The monoisotopic (exact) mass is 608 g/mol. The van der Waals surface area contributed by atoms with Crippen LogP contribution in [0.2, 0.25) is 0 Å². The lowest BCUT2D eigenvalue weighted by molar-refractivity contribution is -0.131. The van der Waals surface area contributed by atoms with Crippen LogP contribution in [0.4, 0.5) is 0 Å². The number of rotatable bonds is 37. The molecule has 258 valence electrons. The third-order valence-corrected chi connectivity index (χ3v) is 9.50. The van der Waals surface area contributed by atoms with Crippen LogP contribution in [0.15, 0.2) is 0 Å². The summed E-state index contributed by atoms with van der Waals surface area (Å²) in [7, 11) is 0. The first-order chi connectivity index (χ1) is 21.3. The molecule has 3 heteroatoms. The number of aliphatic hydroxyl groups is 1. The van der Waals surface area contributed by atoms with Gasteiger partial charge in [0.15, 0.2) is 0 Å². The first-order valence-electron chi connectivity index (χ1n) is 20.1. The van der Waals surface area contributed by atoms with Gasteiger partial charge in [0.1, 0.15) is 0 Å².